The third-order valence-electron chi connectivity index (χ3n) is 4.47. The van der Waals surface area contributed by atoms with Crippen LogP contribution in [0.15, 0.2) is 35.5 Å². The molecule has 0 atom stereocenters. The van der Waals surface area contributed by atoms with Crippen LogP contribution in [0.3, 0.4) is 0 Å². The molecule has 0 saturated heterocycles. The molecular formula is C21H24Cl3N5O2S. The standard InChI is InChI=1S/C21H24Cl3N5O2S/c1-3-30-19-10-14(12-25-8-5-9-32-21-26-27-28-29(21)2)18(24)11-20(19)31-13-15-16(22)6-4-7-17(15)23/h4,6-7,10-11,25H,3,5,8-9,12-13H2,1-2H3. The first kappa shape index (κ1) is 24.9. The van der Waals surface area contributed by atoms with Gasteiger partial charge in [-0.2, -0.15) is 0 Å². The molecule has 32 heavy (non-hydrogen) atoms. The Morgan fingerprint density at radius 3 is 2.50 bits per heavy atom. The molecule has 2 aromatic carbocycles. The SMILES string of the molecule is CCOc1cc(CNCCCSc2nnnn2C)c(Cl)cc1OCc1c(Cl)cccc1Cl. The van der Waals surface area contributed by atoms with Gasteiger partial charge in [-0.25, -0.2) is 4.68 Å². The summed E-state index contributed by atoms with van der Waals surface area (Å²) in [7, 11) is 1.83. The average molecular weight is 517 g/mol. The van der Waals surface area contributed by atoms with Crippen LogP contribution in [0.1, 0.15) is 24.5 Å². The predicted molar refractivity (Wildman–Crippen MR) is 129 cm³/mol. The molecule has 172 valence electrons. The number of nitrogens with zero attached hydrogens (tertiary/aromatic N) is 4. The van der Waals surface area contributed by atoms with Gasteiger partial charge in [0.05, 0.1) is 6.61 Å². The van der Waals surface area contributed by atoms with E-state index in [2.05, 4.69) is 20.8 Å². The summed E-state index contributed by atoms with van der Waals surface area (Å²) < 4.78 is 13.4. The molecule has 7 nitrogen and oxygen atoms in total. The first-order chi connectivity index (χ1) is 15.5. The lowest BCUT2D eigenvalue weighted by atomic mass is 10.2. The van der Waals surface area contributed by atoms with Crippen molar-refractivity contribution in [2.45, 2.75) is 31.7 Å². The first-order valence-corrected chi connectivity index (χ1v) is 12.2. The van der Waals surface area contributed by atoms with Gasteiger partial charge in [0.2, 0.25) is 5.16 Å². The smallest absolute Gasteiger partial charge is 0.209 e. The van der Waals surface area contributed by atoms with E-state index >= 15 is 0 Å². The van der Waals surface area contributed by atoms with Gasteiger partial charge in [0, 0.05) is 46.0 Å². The monoisotopic (exact) mass is 515 g/mol. The van der Waals surface area contributed by atoms with E-state index in [1.165, 1.54) is 0 Å². The van der Waals surface area contributed by atoms with Crippen LogP contribution in [0.2, 0.25) is 15.1 Å². The summed E-state index contributed by atoms with van der Waals surface area (Å²) in [6, 6.07) is 9.03. The zero-order valence-electron chi connectivity index (χ0n) is 17.8. The van der Waals surface area contributed by atoms with Crippen LogP contribution in [0.25, 0.3) is 0 Å². The number of aryl methyl sites for hydroxylation is 1. The van der Waals surface area contributed by atoms with E-state index in [0.29, 0.717) is 39.7 Å². The summed E-state index contributed by atoms with van der Waals surface area (Å²) in [5.41, 5.74) is 1.65. The molecule has 0 spiro atoms. The number of hydrogen-bond acceptors (Lipinski definition) is 7. The second-order valence-corrected chi connectivity index (χ2v) is 9.06. The molecule has 11 heteroatoms. The van der Waals surface area contributed by atoms with Crippen molar-refractivity contribution in [3.63, 3.8) is 0 Å². The van der Waals surface area contributed by atoms with Crippen molar-refractivity contribution in [3.8, 4) is 11.5 Å². The number of rotatable bonds is 12. The third kappa shape index (κ3) is 6.89. The molecule has 0 aliphatic heterocycles. The topological polar surface area (TPSA) is 74.1 Å². The Labute approximate surface area is 206 Å². The van der Waals surface area contributed by atoms with Crippen LogP contribution in [0.4, 0.5) is 0 Å². The molecule has 1 heterocycles. The molecule has 3 rings (SSSR count). The number of nitrogens with one attached hydrogen (secondary N) is 1. The van der Waals surface area contributed by atoms with E-state index < -0.39 is 0 Å². The molecule has 1 aromatic heterocycles. The van der Waals surface area contributed by atoms with Crippen molar-refractivity contribution in [2.75, 3.05) is 18.9 Å². The maximum absolute atomic E-state index is 6.51. The fourth-order valence-electron chi connectivity index (χ4n) is 2.84. The second kappa shape index (κ2) is 12.5. The number of benzene rings is 2. The van der Waals surface area contributed by atoms with Crippen LogP contribution in [0.5, 0.6) is 11.5 Å². The fourth-order valence-corrected chi connectivity index (χ4v) is 4.36. The minimum Gasteiger partial charge on any atom is -0.490 e. The van der Waals surface area contributed by atoms with E-state index in [0.717, 1.165) is 35.0 Å². The van der Waals surface area contributed by atoms with E-state index in [-0.39, 0.29) is 6.61 Å². The van der Waals surface area contributed by atoms with Gasteiger partial charge < -0.3 is 14.8 Å². The van der Waals surface area contributed by atoms with E-state index in [1.54, 1.807) is 40.7 Å². The van der Waals surface area contributed by atoms with Gasteiger partial charge in [-0.15, -0.1) is 5.10 Å². The third-order valence-corrected chi connectivity index (χ3v) is 6.63. The maximum Gasteiger partial charge on any atom is 0.209 e. The van der Waals surface area contributed by atoms with E-state index in [4.69, 9.17) is 44.3 Å². The summed E-state index contributed by atoms with van der Waals surface area (Å²) in [6.07, 6.45) is 0.966. The summed E-state index contributed by atoms with van der Waals surface area (Å²) >= 11 is 20.6. The molecule has 0 aliphatic rings. The lowest BCUT2D eigenvalue weighted by Gasteiger charge is -2.16. The zero-order valence-corrected chi connectivity index (χ0v) is 20.9. The molecule has 0 radical (unpaired) electrons. The largest absolute Gasteiger partial charge is 0.490 e. The lowest BCUT2D eigenvalue weighted by Crippen LogP contribution is -2.16. The Kier molecular flexibility index (Phi) is 9.74. The molecule has 0 saturated carbocycles. The molecular weight excluding hydrogens is 493 g/mol. The highest BCUT2D eigenvalue weighted by atomic mass is 35.5. The van der Waals surface area contributed by atoms with Gasteiger partial charge >= 0.3 is 0 Å². The maximum atomic E-state index is 6.51. The normalized spacial score (nSPS) is 11.0. The second-order valence-electron chi connectivity index (χ2n) is 6.78. The van der Waals surface area contributed by atoms with Gasteiger partial charge in [0.25, 0.3) is 0 Å². The van der Waals surface area contributed by atoms with Crippen molar-refractivity contribution in [3.05, 3.63) is 56.5 Å². The minimum atomic E-state index is 0.214. The van der Waals surface area contributed by atoms with E-state index in [1.807, 2.05) is 20.0 Å². The Hall–Kier alpha value is -1.71. The van der Waals surface area contributed by atoms with Crippen LogP contribution in [-0.2, 0) is 20.2 Å². The van der Waals surface area contributed by atoms with Crippen molar-refractivity contribution in [1.82, 2.24) is 25.5 Å². The molecule has 0 fully saturated rings. The lowest BCUT2D eigenvalue weighted by molar-refractivity contribution is 0.269. The van der Waals surface area contributed by atoms with Crippen molar-refractivity contribution < 1.29 is 9.47 Å². The quantitative estimate of drug-likeness (QED) is 0.254. The summed E-state index contributed by atoms with van der Waals surface area (Å²) in [4.78, 5) is 0. The van der Waals surface area contributed by atoms with Gasteiger partial charge in [-0.05, 0) is 54.1 Å². The van der Waals surface area contributed by atoms with Gasteiger partial charge in [0.1, 0.15) is 6.61 Å². The molecule has 0 unspecified atom stereocenters. The number of thioether (sulfide) groups is 1. The van der Waals surface area contributed by atoms with Crippen LogP contribution >= 0.6 is 46.6 Å². The van der Waals surface area contributed by atoms with Gasteiger partial charge in [0.15, 0.2) is 11.5 Å². The molecule has 0 bridgehead atoms. The number of halogens is 3. The Bertz CT molecular complexity index is 1010. The fraction of sp³-hybridized carbons (Fsp3) is 0.381. The van der Waals surface area contributed by atoms with Crippen LogP contribution in [0, 0.1) is 0 Å². The average Bonchev–Trinajstić information content (AvgIpc) is 3.17. The molecule has 0 aliphatic carbocycles. The molecule has 0 amide bonds. The highest BCUT2D eigenvalue weighted by Gasteiger charge is 2.13. The summed E-state index contributed by atoms with van der Waals surface area (Å²) in [5, 5.41) is 17.3. The summed E-state index contributed by atoms with van der Waals surface area (Å²) in [6.45, 7) is 4.09. The summed E-state index contributed by atoms with van der Waals surface area (Å²) in [5.74, 6) is 2.09. The predicted octanol–water partition coefficient (Wildman–Crippen LogP) is 5.42. The number of ether oxygens (including phenoxy) is 2. The van der Waals surface area contributed by atoms with Crippen LogP contribution < -0.4 is 14.8 Å². The Morgan fingerprint density at radius 1 is 1.06 bits per heavy atom. The molecule has 3 aromatic rings. The number of tetrazole rings is 1. The van der Waals surface area contributed by atoms with Crippen molar-refractivity contribution in [1.29, 1.82) is 0 Å². The molecule has 1 N–H and O–H groups in total. The Balaban J connectivity index is 1.55. The van der Waals surface area contributed by atoms with E-state index in [9.17, 15) is 0 Å². The van der Waals surface area contributed by atoms with Crippen molar-refractivity contribution >= 4 is 46.6 Å². The zero-order chi connectivity index (χ0) is 22.9. The number of aromatic nitrogens is 4. The Morgan fingerprint density at radius 2 is 1.81 bits per heavy atom. The van der Waals surface area contributed by atoms with Crippen LogP contribution in [-0.4, -0.2) is 39.1 Å². The highest BCUT2D eigenvalue weighted by Crippen LogP contribution is 2.35. The van der Waals surface area contributed by atoms with Gasteiger partial charge in [-0.1, -0.05) is 52.6 Å². The minimum absolute atomic E-state index is 0.214. The first-order valence-electron chi connectivity index (χ1n) is 10.1. The number of hydrogen-bond donors (Lipinski definition) is 1. The van der Waals surface area contributed by atoms with Crippen molar-refractivity contribution in [2.24, 2.45) is 7.05 Å². The highest BCUT2D eigenvalue weighted by molar-refractivity contribution is 7.99. The van der Waals surface area contributed by atoms with Gasteiger partial charge in [-0.3, -0.25) is 0 Å².